The van der Waals surface area contributed by atoms with Crippen molar-refractivity contribution in [1.82, 2.24) is 44.9 Å². The summed E-state index contributed by atoms with van der Waals surface area (Å²) in [4.78, 5) is 26.6. The number of sulfonamides is 1. The highest BCUT2D eigenvalue weighted by Crippen LogP contribution is 2.21. The third-order valence-electron chi connectivity index (χ3n) is 5.74. The van der Waals surface area contributed by atoms with E-state index in [0.29, 0.717) is 17.0 Å². The van der Waals surface area contributed by atoms with Crippen LogP contribution in [0.15, 0.2) is 46.7 Å². The van der Waals surface area contributed by atoms with Gasteiger partial charge in [0.2, 0.25) is 10.0 Å². The molecule has 19 heteroatoms. The molecule has 2 heterocycles. The Hall–Kier alpha value is -4.74. The molecule has 46 heavy (non-hydrogen) atoms. The number of benzene rings is 1. The zero-order chi connectivity index (χ0) is 34.0. The molecule has 250 valence electrons. The fourth-order valence-corrected chi connectivity index (χ4v) is 5.21. The predicted octanol–water partition coefficient (Wildman–Crippen LogP) is 3.12. The minimum absolute atomic E-state index is 0.0140. The number of rotatable bonds is 14. The van der Waals surface area contributed by atoms with E-state index in [4.69, 9.17) is 15.0 Å². The van der Waals surface area contributed by atoms with Gasteiger partial charge in [-0.2, -0.15) is 4.31 Å². The van der Waals surface area contributed by atoms with Crippen molar-refractivity contribution < 1.29 is 27.5 Å². The van der Waals surface area contributed by atoms with Crippen LogP contribution in [0, 0.1) is 0 Å². The molecule has 3 rings (SSSR count). The summed E-state index contributed by atoms with van der Waals surface area (Å²) in [5.41, 5.74) is 8.67. The summed E-state index contributed by atoms with van der Waals surface area (Å²) in [6.07, 6.45) is 2.04. The maximum Gasteiger partial charge on any atom is 0.407 e. The lowest BCUT2D eigenvalue weighted by Gasteiger charge is -2.20. The van der Waals surface area contributed by atoms with Crippen molar-refractivity contribution in [1.29, 1.82) is 0 Å². The zero-order valence-corrected chi connectivity index (χ0v) is 27.6. The number of hydrogen-bond donors (Lipinski definition) is 2. The number of carbonyl (C=O) groups is 2. The van der Waals surface area contributed by atoms with Crippen molar-refractivity contribution in [2.45, 2.75) is 90.4 Å². The van der Waals surface area contributed by atoms with Crippen LogP contribution in [0.4, 0.5) is 9.59 Å². The van der Waals surface area contributed by atoms with Crippen molar-refractivity contribution in [2.75, 3.05) is 13.1 Å². The van der Waals surface area contributed by atoms with E-state index in [0.717, 1.165) is 0 Å². The minimum atomic E-state index is -4.08. The maximum atomic E-state index is 13.8. The molecule has 0 fully saturated rings. The molecule has 0 saturated heterocycles. The second-order valence-electron chi connectivity index (χ2n) is 12.1. The monoisotopic (exact) mass is 660 g/mol. The van der Waals surface area contributed by atoms with Gasteiger partial charge >= 0.3 is 12.2 Å². The van der Waals surface area contributed by atoms with E-state index in [1.165, 1.54) is 25.8 Å². The van der Waals surface area contributed by atoms with Gasteiger partial charge in [-0.05, 0) is 64.8 Å². The molecule has 0 bridgehead atoms. The van der Waals surface area contributed by atoms with Crippen LogP contribution < -0.4 is 10.6 Å². The number of alkyl carbamates (subject to hydrolysis) is 2. The molecule has 0 aliphatic carbocycles. The van der Waals surface area contributed by atoms with E-state index < -0.39 is 33.4 Å². The van der Waals surface area contributed by atoms with Gasteiger partial charge in [-0.25, -0.2) is 18.0 Å². The molecule has 0 aliphatic rings. The largest absolute Gasteiger partial charge is 0.444 e. The summed E-state index contributed by atoms with van der Waals surface area (Å²) in [7, 11) is -4.08. The van der Waals surface area contributed by atoms with Crippen LogP contribution in [0.2, 0.25) is 0 Å². The van der Waals surface area contributed by atoms with Crippen molar-refractivity contribution in [3.05, 3.63) is 64.1 Å². The van der Waals surface area contributed by atoms with E-state index in [1.807, 2.05) is 0 Å². The van der Waals surface area contributed by atoms with Gasteiger partial charge < -0.3 is 20.1 Å². The normalized spacial score (nSPS) is 12.0. The van der Waals surface area contributed by atoms with E-state index in [9.17, 15) is 18.0 Å². The molecule has 0 saturated carbocycles. The Morgan fingerprint density at radius 2 is 1.33 bits per heavy atom. The number of nitrogens with zero attached hydrogens (tertiary/aromatic N) is 10. The van der Waals surface area contributed by atoms with E-state index >= 15 is 0 Å². The lowest BCUT2D eigenvalue weighted by atomic mass is 10.2. The van der Waals surface area contributed by atoms with Crippen LogP contribution in [0.1, 0.15) is 58.5 Å². The van der Waals surface area contributed by atoms with Crippen molar-refractivity contribution in [3.63, 3.8) is 0 Å². The van der Waals surface area contributed by atoms with E-state index in [2.05, 4.69) is 41.3 Å². The van der Waals surface area contributed by atoms with Gasteiger partial charge in [0.1, 0.15) is 11.2 Å². The number of carbonyl (C=O) groups excluding carboxylic acids is 2. The lowest BCUT2D eigenvalue weighted by Crippen LogP contribution is -2.34. The molecule has 0 atom stereocenters. The molecule has 2 N–H and O–H groups in total. The second-order valence-corrected chi connectivity index (χ2v) is 14.0. The molecule has 2 aromatic heterocycles. The lowest BCUT2D eigenvalue weighted by molar-refractivity contribution is 0.0514. The first-order valence-electron chi connectivity index (χ1n) is 14.4. The van der Waals surface area contributed by atoms with E-state index in [1.54, 1.807) is 66.1 Å². The van der Waals surface area contributed by atoms with Crippen LogP contribution in [0.3, 0.4) is 0 Å². The second kappa shape index (κ2) is 15.5. The summed E-state index contributed by atoms with van der Waals surface area (Å²) in [6, 6.07) is 6.01. The Kier molecular flexibility index (Phi) is 12.0. The Labute approximate surface area is 267 Å². The molecule has 1 aromatic carbocycles. The van der Waals surface area contributed by atoms with Gasteiger partial charge in [0.15, 0.2) is 0 Å². The number of amides is 2. The molecule has 0 spiro atoms. The summed E-state index contributed by atoms with van der Waals surface area (Å²) in [5.74, 6) is 0. The van der Waals surface area contributed by atoms with Gasteiger partial charge in [0.25, 0.3) is 0 Å². The molecule has 3 aromatic rings. The summed E-state index contributed by atoms with van der Waals surface area (Å²) in [6.45, 7) is 11.4. The Bertz CT molecular complexity index is 1540. The molecule has 18 nitrogen and oxygen atoms in total. The van der Waals surface area contributed by atoms with Gasteiger partial charge in [0, 0.05) is 30.4 Å². The fourth-order valence-electron chi connectivity index (χ4n) is 3.83. The molecule has 0 aliphatic heterocycles. The number of aromatic nitrogens is 6. The van der Waals surface area contributed by atoms with Crippen LogP contribution in [0.5, 0.6) is 0 Å². The molecule has 0 unspecified atom stereocenters. The van der Waals surface area contributed by atoms with Crippen LogP contribution >= 0.6 is 0 Å². The Morgan fingerprint density at radius 3 is 1.74 bits per heavy atom. The number of ether oxygens (including phenoxy) is 2. The summed E-state index contributed by atoms with van der Waals surface area (Å²) < 4.78 is 42.2. The first kappa shape index (κ1) is 35.7. The highest BCUT2D eigenvalue weighted by Gasteiger charge is 2.27. The molecular weight excluding hydrogens is 620 g/mol. The fraction of sp³-hybridized carbons (Fsp3) is 0.556. The molecular formula is C27H40N12O6S. The summed E-state index contributed by atoms with van der Waals surface area (Å²) in [5, 5.41) is 25.1. The van der Waals surface area contributed by atoms with Gasteiger partial charge in [0.05, 0.1) is 49.0 Å². The third kappa shape index (κ3) is 12.0. The SMILES string of the molecule is CC(C)(C)OC(=O)NCCn1cc(CN(Cc2cn(CCNC(=O)OC(C)(C)C)nn2)S(=O)(=O)c2ccc(CN=[N+]=[N-])cc2)nn1. The number of azide groups is 1. The molecule has 0 radical (unpaired) electrons. The van der Waals surface area contributed by atoms with E-state index in [-0.39, 0.29) is 50.7 Å². The standard InChI is InChI=1S/C27H40N12O6S/c1-26(2,3)44-24(40)29-11-13-37-16-21(32-35-37)18-39(46(42,43)23-9-7-20(8-10-23)15-31-34-28)19-22-17-38(36-33-22)14-12-30-25(41)45-27(4,5)6/h7-10,16-17H,11-15,18-19H2,1-6H3,(H,29,40)(H,30,41). The van der Waals surface area contributed by atoms with Crippen molar-refractivity contribution >= 4 is 22.2 Å². The average molecular weight is 661 g/mol. The third-order valence-corrected chi connectivity index (χ3v) is 7.55. The number of hydrogen-bond acceptors (Lipinski definition) is 11. The number of nitrogens with one attached hydrogen (secondary N) is 2. The smallest absolute Gasteiger partial charge is 0.407 e. The molecule has 2 amide bonds. The van der Waals surface area contributed by atoms with Crippen LogP contribution in [-0.2, 0) is 52.2 Å². The van der Waals surface area contributed by atoms with Crippen molar-refractivity contribution in [3.8, 4) is 0 Å². The van der Waals surface area contributed by atoms with Gasteiger partial charge in [-0.15, -0.1) is 10.2 Å². The Balaban J connectivity index is 1.73. The maximum absolute atomic E-state index is 13.8. The predicted molar refractivity (Wildman–Crippen MR) is 164 cm³/mol. The highest BCUT2D eigenvalue weighted by atomic mass is 32.2. The zero-order valence-electron chi connectivity index (χ0n) is 26.7. The first-order chi connectivity index (χ1) is 21.5. The average Bonchev–Trinajstić information content (AvgIpc) is 3.59. The van der Waals surface area contributed by atoms with Gasteiger partial charge in [-0.1, -0.05) is 27.7 Å². The van der Waals surface area contributed by atoms with Crippen LogP contribution in [0.25, 0.3) is 10.4 Å². The quantitative estimate of drug-likeness (QED) is 0.146. The topological polar surface area (TPSA) is 224 Å². The van der Waals surface area contributed by atoms with Gasteiger partial charge in [-0.3, -0.25) is 9.36 Å². The Morgan fingerprint density at radius 1 is 0.870 bits per heavy atom. The van der Waals surface area contributed by atoms with Crippen molar-refractivity contribution in [2.24, 2.45) is 5.11 Å². The highest BCUT2D eigenvalue weighted by molar-refractivity contribution is 7.89. The van der Waals surface area contributed by atoms with Crippen LogP contribution in [-0.4, -0.2) is 79.2 Å². The summed E-state index contributed by atoms with van der Waals surface area (Å²) >= 11 is 0. The first-order valence-corrected chi connectivity index (χ1v) is 15.8. The minimum Gasteiger partial charge on any atom is -0.444 e.